The summed E-state index contributed by atoms with van der Waals surface area (Å²) in [6.07, 6.45) is 3.54. The number of anilines is 1. The van der Waals surface area contributed by atoms with Gasteiger partial charge in [-0.25, -0.2) is 4.98 Å². The molecular formula is C16H14N4S. The molecule has 0 fully saturated rings. The molecule has 0 aliphatic carbocycles. The lowest BCUT2D eigenvalue weighted by atomic mass is 9.86. The molecule has 0 saturated carbocycles. The van der Waals surface area contributed by atoms with Crippen molar-refractivity contribution in [1.82, 2.24) is 15.0 Å². The third-order valence-electron chi connectivity index (χ3n) is 4.06. The average Bonchev–Trinajstić information content (AvgIpc) is 2.98. The Bertz CT molecular complexity index is 865. The van der Waals surface area contributed by atoms with E-state index < -0.39 is 0 Å². The van der Waals surface area contributed by atoms with E-state index in [1.54, 1.807) is 12.4 Å². The van der Waals surface area contributed by atoms with E-state index in [0.29, 0.717) is 0 Å². The molecule has 104 valence electrons. The summed E-state index contributed by atoms with van der Waals surface area (Å²) < 4.78 is 0. The Morgan fingerprint density at radius 1 is 1.14 bits per heavy atom. The highest BCUT2D eigenvalue weighted by atomic mass is 32.1. The van der Waals surface area contributed by atoms with Crippen LogP contribution in [0.15, 0.2) is 36.7 Å². The molecule has 2 aromatic heterocycles. The van der Waals surface area contributed by atoms with Gasteiger partial charge >= 0.3 is 0 Å². The molecule has 0 unspecified atom stereocenters. The predicted molar refractivity (Wildman–Crippen MR) is 88.6 cm³/mol. The van der Waals surface area contributed by atoms with E-state index in [-0.39, 0.29) is 5.41 Å². The van der Waals surface area contributed by atoms with Crippen molar-refractivity contribution in [3.8, 4) is 11.4 Å². The van der Waals surface area contributed by atoms with Gasteiger partial charge in [-0.3, -0.25) is 4.98 Å². The summed E-state index contributed by atoms with van der Waals surface area (Å²) in [5, 5.41) is 3.30. The highest BCUT2D eigenvalue weighted by Gasteiger charge is 2.35. The molecule has 2 N–H and O–H groups in total. The van der Waals surface area contributed by atoms with Gasteiger partial charge in [-0.1, -0.05) is 12.2 Å². The fourth-order valence-electron chi connectivity index (χ4n) is 2.72. The van der Waals surface area contributed by atoms with E-state index in [2.05, 4.69) is 41.3 Å². The van der Waals surface area contributed by atoms with Gasteiger partial charge in [0.1, 0.15) is 5.82 Å². The minimum Gasteiger partial charge on any atom is -0.349 e. The van der Waals surface area contributed by atoms with Crippen molar-refractivity contribution >= 4 is 33.9 Å². The summed E-state index contributed by atoms with van der Waals surface area (Å²) in [6, 6.07) is 8.10. The van der Waals surface area contributed by atoms with Crippen molar-refractivity contribution in [2.75, 3.05) is 5.32 Å². The molecule has 0 atom stereocenters. The first-order valence-corrected chi connectivity index (χ1v) is 7.22. The minimum absolute atomic E-state index is 0.144. The Morgan fingerprint density at radius 3 is 2.67 bits per heavy atom. The Balaban J connectivity index is 1.90. The molecule has 0 saturated heterocycles. The standard InChI is InChI=1S/C16H14N4S/c1-16(2)10-7-12-13(8-11(10)20-15(16)21)19-14(18-12)9-3-5-17-6-4-9/h3-8H,1-2H3,(H,18,19)(H,20,21). The molecule has 3 heterocycles. The number of imidazole rings is 1. The van der Waals surface area contributed by atoms with Crippen LogP contribution in [0, 0.1) is 0 Å². The van der Waals surface area contributed by atoms with Gasteiger partial charge < -0.3 is 10.3 Å². The second-order valence-electron chi connectivity index (χ2n) is 5.82. The van der Waals surface area contributed by atoms with E-state index >= 15 is 0 Å². The van der Waals surface area contributed by atoms with Gasteiger partial charge in [-0.05, 0) is 43.7 Å². The topological polar surface area (TPSA) is 53.6 Å². The van der Waals surface area contributed by atoms with Gasteiger partial charge in [-0.2, -0.15) is 0 Å². The van der Waals surface area contributed by atoms with E-state index in [1.165, 1.54) is 5.56 Å². The van der Waals surface area contributed by atoms with Crippen LogP contribution in [0.1, 0.15) is 19.4 Å². The van der Waals surface area contributed by atoms with Gasteiger partial charge in [-0.15, -0.1) is 0 Å². The smallest absolute Gasteiger partial charge is 0.138 e. The molecule has 4 nitrogen and oxygen atoms in total. The fourth-order valence-corrected chi connectivity index (χ4v) is 2.94. The van der Waals surface area contributed by atoms with Crippen molar-refractivity contribution in [1.29, 1.82) is 0 Å². The second-order valence-corrected chi connectivity index (χ2v) is 6.22. The van der Waals surface area contributed by atoms with Gasteiger partial charge in [0.2, 0.25) is 0 Å². The van der Waals surface area contributed by atoms with Crippen LogP contribution < -0.4 is 5.32 Å². The normalized spacial score (nSPS) is 16.0. The number of thiocarbonyl (C=S) groups is 1. The minimum atomic E-state index is -0.144. The fraction of sp³-hybridized carbons (Fsp3) is 0.188. The highest BCUT2D eigenvalue weighted by molar-refractivity contribution is 7.80. The Morgan fingerprint density at radius 2 is 1.90 bits per heavy atom. The van der Waals surface area contributed by atoms with Gasteiger partial charge in [0, 0.05) is 29.1 Å². The largest absolute Gasteiger partial charge is 0.349 e. The number of benzene rings is 1. The first kappa shape index (κ1) is 12.5. The maximum absolute atomic E-state index is 5.43. The van der Waals surface area contributed by atoms with Gasteiger partial charge in [0.25, 0.3) is 0 Å². The number of hydrogen-bond donors (Lipinski definition) is 2. The lowest BCUT2D eigenvalue weighted by Crippen LogP contribution is -2.25. The monoisotopic (exact) mass is 294 g/mol. The number of aromatic nitrogens is 3. The molecule has 0 bridgehead atoms. The summed E-state index contributed by atoms with van der Waals surface area (Å²) in [5.41, 5.74) is 5.13. The number of H-pyrrole nitrogens is 1. The first-order valence-electron chi connectivity index (χ1n) is 6.82. The quantitative estimate of drug-likeness (QED) is 0.673. The Hall–Kier alpha value is -2.27. The first-order chi connectivity index (χ1) is 10.1. The third-order valence-corrected chi connectivity index (χ3v) is 4.68. The van der Waals surface area contributed by atoms with Crippen molar-refractivity contribution < 1.29 is 0 Å². The summed E-state index contributed by atoms with van der Waals surface area (Å²) in [5.74, 6) is 0.858. The van der Waals surface area contributed by atoms with E-state index in [1.807, 2.05) is 12.1 Å². The van der Waals surface area contributed by atoms with Crippen molar-refractivity contribution in [3.05, 3.63) is 42.2 Å². The van der Waals surface area contributed by atoms with Crippen LogP contribution in [0.2, 0.25) is 0 Å². The molecule has 4 rings (SSSR count). The van der Waals surface area contributed by atoms with Crippen LogP contribution in [-0.2, 0) is 5.41 Å². The summed E-state index contributed by atoms with van der Waals surface area (Å²) in [4.78, 5) is 13.0. The van der Waals surface area contributed by atoms with Crippen LogP contribution in [0.25, 0.3) is 22.4 Å². The Kier molecular flexibility index (Phi) is 2.44. The number of nitrogens with one attached hydrogen (secondary N) is 2. The maximum Gasteiger partial charge on any atom is 0.138 e. The lowest BCUT2D eigenvalue weighted by Gasteiger charge is -2.17. The zero-order valence-electron chi connectivity index (χ0n) is 11.8. The Labute approximate surface area is 127 Å². The molecule has 3 aromatic rings. The van der Waals surface area contributed by atoms with E-state index in [0.717, 1.165) is 33.1 Å². The number of nitrogens with zero attached hydrogens (tertiary/aromatic N) is 2. The van der Waals surface area contributed by atoms with Crippen LogP contribution in [-0.4, -0.2) is 19.9 Å². The zero-order valence-corrected chi connectivity index (χ0v) is 12.6. The molecule has 0 radical (unpaired) electrons. The molecule has 5 heteroatoms. The van der Waals surface area contributed by atoms with Gasteiger partial charge in [0.15, 0.2) is 0 Å². The molecule has 21 heavy (non-hydrogen) atoms. The van der Waals surface area contributed by atoms with Crippen LogP contribution in [0.4, 0.5) is 5.69 Å². The summed E-state index contributed by atoms with van der Waals surface area (Å²) in [7, 11) is 0. The molecule has 1 aromatic carbocycles. The summed E-state index contributed by atoms with van der Waals surface area (Å²) in [6.45, 7) is 4.27. The van der Waals surface area contributed by atoms with Crippen molar-refractivity contribution in [2.24, 2.45) is 0 Å². The molecule has 0 spiro atoms. The number of fused-ring (bicyclic) bond motifs is 2. The zero-order chi connectivity index (χ0) is 14.6. The molecule has 0 amide bonds. The molecule has 1 aliphatic heterocycles. The number of rotatable bonds is 1. The lowest BCUT2D eigenvalue weighted by molar-refractivity contribution is 0.748. The summed E-state index contributed by atoms with van der Waals surface area (Å²) >= 11 is 5.43. The highest BCUT2D eigenvalue weighted by Crippen LogP contribution is 2.40. The van der Waals surface area contributed by atoms with Crippen LogP contribution in [0.5, 0.6) is 0 Å². The predicted octanol–water partition coefficient (Wildman–Crippen LogP) is 3.66. The number of hydrogen-bond acceptors (Lipinski definition) is 3. The van der Waals surface area contributed by atoms with Crippen LogP contribution in [0.3, 0.4) is 0 Å². The van der Waals surface area contributed by atoms with Crippen molar-refractivity contribution in [2.45, 2.75) is 19.3 Å². The number of pyridine rings is 1. The third kappa shape index (κ3) is 1.77. The SMILES string of the molecule is CC1(C)C(=S)Nc2cc3[nH]c(-c4ccncc4)nc3cc21. The van der Waals surface area contributed by atoms with Gasteiger partial charge in [0.05, 0.1) is 16.0 Å². The molecule has 1 aliphatic rings. The number of aromatic amines is 1. The van der Waals surface area contributed by atoms with E-state index in [4.69, 9.17) is 17.2 Å². The average molecular weight is 294 g/mol. The second kappa shape index (κ2) is 4.11. The van der Waals surface area contributed by atoms with Crippen LogP contribution >= 0.6 is 12.2 Å². The van der Waals surface area contributed by atoms with Crippen molar-refractivity contribution in [3.63, 3.8) is 0 Å². The maximum atomic E-state index is 5.43. The van der Waals surface area contributed by atoms with E-state index in [9.17, 15) is 0 Å². The molecular weight excluding hydrogens is 280 g/mol.